The van der Waals surface area contributed by atoms with Gasteiger partial charge in [-0.3, -0.25) is 15.0 Å². The predicted molar refractivity (Wildman–Crippen MR) is 157 cm³/mol. The van der Waals surface area contributed by atoms with Gasteiger partial charge in [0, 0.05) is 41.4 Å². The van der Waals surface area contributed by atoms with E-state index >= 15 is 0 Å². The Kier molecular flexibility index (Phi) is 7.60. The molecule has 1 saturated heterocycles. The fraction of sp³-hybridized carbons (Fsp3) is 0.222. The van der Waals surface area contributed by atoms with E-state index in [0.29, 0.717) is 38.9 Å². The highest BCUT2D eigenvalue weighted by atomic mass is 35.5. The Balaban J connectivity index is 1.37. The minimum atomic E-state index is -0.529. The molecule has 0 radical (unpaired) electrons. The molecule has 5 N–H and O–H groups in total. The zero-order valence-corrected chi connectivity index (χ0v) is 23.3. The van der Waals surface area contributed by atoms with Crippen LogP contribution in [-0.4, -0.2) is 34.1 Å². The van der Waals surface area contributed by atoms with E-state index in [1.165, 1.54) is 18.3 Å². The Hall–Kier alpha value is -3.66. The number of pyridine rings is 1. The number of nitrogens with zero attached hydrogens (tertiary/aromatic N) is 4. The summed E-state index contributed by atoms with van der Waals surface area (Å²) in [6.45, 7) is 1.97. The number of hydrogen-bond acceptors (Lipinski definition) is 10. The Bertz CT molecular complexity index is 1620. The monoisotopic (exact) mass is 595 g/mol. The number of nitriles is 1. The highest BCUT2D eigenvalue weighted by molar-refractivity contribution is 7.09. The molecule has 4 aromatic rings. The number of fused-ring (bicyclic) bond motifs is 1. The van der Waals surface area contributed by atoms with E-state index in [1.54, 1.807) is 22.9 Å². The molecular formula is C27H24Cl2FN9S. The summed E-state index contributed by atoms with van der Waals surface area (Å²) in [4.78, 5) is 9.73. The standard InChI is InChI=1S/C27H24Cl2FN9S/c28-20-8-16(1-2-22(20)30)35-25-15(10-31)11-34-26-19(25)7-17(9-21(26)29)36-27(24-12-33-14-40-24)23-13-39(38-37-23)18-3-5-32-6-4-18/h1-2,7-9,11-14,18,27,32,36-38H,3-6H2,(H,34,35)/t27-/m1/s1. The van der Waals surface area contributed by atoms with Gasteiger partial charge in [-0.15, -0.1) is 16.9 Å². The van der Waals surface area contributed by atoms with Crippen LogP contribution < -0.4 is 26.9 Å². The lowest BCUT2D eigenvalue weighted by atomic mass is 10.1. The number of hydrogen-bond donors (Lipinski definition) is 5. The number of aromatic nitrogens is 2. The van der Waals surface area contributed by atoms with Gasteiger partial charge in [-0.1, -0.05) is 23.2 Å². The topological polar surface area (TPSA) is 113 Å². The Morgan fingerprint density at radius 3 is 2.70 bits per heavy atom. The number of benzene rings is 2. The third kappa shape index (κ3) is 5.37. The number of halogens is 3. The maximum atomic E-state index is 13.8. The number of thiazole rings is 1. The van der Waals surface area contributed by atoms with Gasteiger partial charge < -0.3 is 21.4 Å². The molecule has 4 heterocycles. The summed E-state index contributed by atoms with van der Waals surface area (Å²) in [6, 6.07) is 10.3. The van der Waals surface area contributed by atoms with Crippen molar-refractivity contribution in [1.82, 2.24) is 31.3 Å². The second-order valence-electron chi connectivity index (χ2n) is 9.46. The van der Waals surface area contributed by atoms with E-state index in [0.717, 1.165) is 42.2 Å². The lowest BCUT2D eigenvalue weighted by Crippen LogP contribution is -2.47. The zero-order chi connectivity index (χ0) is 27.6. The Labute approximate surface area is 244 Å². The van der Waals surface area contributed by atoms with Gasteiger partial charge in [0.05, 0.1) is 42.9 Å². The van der Waals surface area contributed by atoms with Crippen molar-refractivity contribution in [2.24, 2.45) is 0 Å². The molecule has 13 heteroatoms. The van der Waals surface area contributed by atoms with Crippen LogP contribution in [0.1, 0.15) is 29.3 Å². The van der Waals surface area contributed by atoms with Crippen LogP contribution >= 0.6 is 34.5 Å². The molecule has 40 heavy (non-hydrogen) atoms. The van der Waals surface area contributed by atoms with E-state index in [2.05, 4.69) is 54.2 Å². The fourth-order valence-corrected chi connectivity index (χ4v) is 6.03. The van der Waals surface area contributed by atoms with Gasteiger partial charge >= 0.3 is 0 Å². The zero-order valence-electron chi connectivity index (χ0n) is 21.0. The third-order valence-corrected chi connectivity index (χ3v) is 8.32. The molecule has 0 unspecified atom stereocenters. The average molecular weight is 597 g/mol. The van der Waals surface area contributed by atoms with Crippen molar-refractivity contribution in [3.8, 4) is 6.07 Å². The summed E-state index contributed by atoms with van der Waals surface area (Å²) < 4.78 is 13.8. The molecule has 1 atom stereocenters. The molecule has 2 aliphatic rings. The van der Waals surface area contributed by atoms with E-state index in [1.807, 2.05) is 18.3 Å². The van der Waals surface area contributed by atoms with Crippen LogP contribution in [-0.2, 0) is 0 Å². The smallest absolute Gasteiger partial charge is 0.141 e. The number of rotatable bonds is 7. The van der Waals surface area contributed by atoms with Crippen molar-refractivity contribution in [2.75, 3.05) is 23.7 Å². The van der Waals surface area contributed by atoms with Crippen LogP contribution in [0.3, 0.4) is 0 Å². The third-order valence-electron chi connectivity index (χ3n) is 6.90. The molecule has 0 amide bonds. The molecule has 2 aromatic heterocycles. The molecule has 0 saturated carbocycles. The van der Waals surface area contributed by atoms with E-state index < -0.39 is 5.82 Å². The summed E-state index contributed by atoms with van der Waals surface area (Å²) in [6.07, 6.45) is 7.47. The highest BCUT2D eigenvalue weighted by Gasteiger charge is 2.28. The first-order chi connectivity index (χ1) is 19.5. The van der Waals surface area contributed by atoms with Crippen molar-refractivity contribution < 1.29 is 4.39 Å². The van der Waals surface area contributed by atoms with Crippen LogP contribution in [0.15, 0.2) is 60.1 Å². The van der Waals surface area contributed by atoms with Crippen LogP contribution in [0.5, 0.6) is 0 Å². The largest absolute Gasteiger partial charge is 0.372 e. The first kappa shape index (κ1) is 26.6. The summed E-state index contributed by atoms with van der Waals surface area (Å²) in [5.41, 5.74) is 11.9. The van der Waals surface area contributed by atoms with Gasteiger partial charge in [-0.05, 0) is 56.3 Å². The minimum Gasteiger partial charge on any atom is -0.372 e. The maximum Gasteiger partial charge on any atom is 0.141 e. The molecule has 0 spiro atoms. The number of anilines is 3. The lowest BCUT2D eigenvalue weighted by Gasteiger charge is -2.30. The van der Waals surface area contributed by atoms with Gasteiger partial charge in [0.1, 0.15) is 17.9 Å². The second kappa shape index (κ2) is 11.4. The van der Waals surface area contributed by atoms with Gasteiger partial charge in [-0.25, -0.2) is 4.39 Å². The van der Waals surface area contributed by atoms with Gasteiger partial charge in [0.25, 0.3) is 0 Å². The number of nitrogens with one attached hydrogen (secondary N) is 5. The van der Waals surface area contributed by atoms with E-state index in [-0.39, 0.29) is 11.1 Å². The molecule has 0 bridgehead atoms. The molecule has 0 aliphatic carbocycles. The van der Waals surface area contributed by atoms with Crippen LogP contribution in [0, 0.1) is 17.1 Å². The van der Waals surface area contributed by atoms with E-state index in [9.17, 15) is 9.65 Å². The summed E-state index contributed by atoms with van der Waals surface area (Å²) in [5.74, 6) is -0.529. The van der Waals surface area contributed by atoms with Crippen molar-refractivity contribution in [2.45, 2.75) is 24.9 Å². The second-order valence-corrected chi connectivity index (χ2v) is 11.2. The highest BCUT2D eigenvalue weighted by Crippen LogP contribution is 2.38. The van der Waals surface area contributed by atoms with Crippen LogP contribution in [0.4, 0.5) is 21.5 Å². The van der Waals surface area contributed by atoms with Crippen LogP contribution in [0.2, 0.25) is 10.0 Å². The summed E-state index contributed by atoms with van der Waals surface area (Å²) in [7, 11) is 0. The maximum absolute atomic E-state index is 13.8. The molecule has 6 rings (SSSR count). The molecule has 204 valence electrons. The summed E-state index contributed by atoms with van der Waals surface area (Å²) >= 11 is 14.3. The number of hydrazine groups is 2. The van der Waals surface area contributed by atoms with E-state index in [4.69, 9.17) is 23.2 Å². The van der Waals surface area contributed by atoms with Gasteiger partial charge in [-0.2, -0.15) is 5.26 Å². The Morgan fingerprint density at radius 1 is 1.12 bits per heavy atom. The lowest BCUT2D eigenvalue weighted by molar-refractivity contribution is 0.162. The SMILES string of the molecule is N#Cc1cnc2c(Cl)cc(N[C@H](C3=CN(C4CCNCC4)NN3)c3cncs3)cc2c1Nc1ccc(F)c(Cl)c1. The van der Waals surface area contributed by atoms with Crippen molar-refractivity contribution >= 4 is 62.5 Å². The minimum absolute atomic E-state index is 0.0286. The number of piperidine rings is 1. The molecular weight excluding hydrogens is 572 g/mol. The van der Waals surface area contributed by atoms with Crippen molar-refractivity contribution in [1.29, 1.82) is 5.26 Å². The van der Waals surface area contributed by atoms with Crippen molar-refractivity contribution in [3.63, 3.8) is 0 Å². The first-order valence-electron chi connectivity index (χ1n) is 12.6. The van der Waals surface area contributed by atoms with Gasteiger partial charge in [0.15, 0.2) is 0 Å². The fourth-order valence-electron chi connectivity index (χ4n) is 4.89. The Morgan fingerprint density at radius 2 is 1.95 bits per heavy atom. The predicted octanol–water partition coefficient (Wildman–Crippen LogP) is 5.82. The molecule has 2 aliphatic heterocycles. The summed E-state index contributed by atoms with van der Waals surface area (Å²) in [5, 5.41) is 23.2. The van der Waals surface area contributed by atoms with Gasteiger partial charge in [0.2, 0.25) is 0 Å². The molecule has 2 aromatic carbocycles. The normalized spacial score (nSPS) is 16.4. The molecule has 9 nitrogen and oxygen atoms in total. The van der Waals surface area contributed by atoms with Crippen molar-refractivity contribution in [3.05, 3.63) is 86.4 Å². The van der Waals surface area contributed by atoms with Crippen LogP contribution in [0.25, 0.3) is 10.9 Å². The average Bonchev–Trinajstić information content (AvgIpc) is 3.68. The molecule has 1 fully saturated rings. The quantitative estimate of drug-likeness (QED) is 0.180. The first-order valence-corrected chi connectivity index (χ1v) is 14.3.